The molecule has 2 N–H and O–H groups in total. The van der Waals surface area contributed by atoms with Crippen LogP contribution in [0.3, 0.4) is 0 Å². The molecule has 4 amide bonds. The number of nitrogens with one attached hydrogen (secondary N) is 1. The van der Waals surface area contributed by atoms with Crippen molar-refractivity contribution in [1.82, 2.24) is 20.3 Å². The van der Waals surface area contributed by atoms with Crippen molar-refractivity contribution >= 4 is 29.9 Å². The number of amides is 4. The molecule has 11 nitrogen and oxygen atoms in total. The van der Waals surface area contributed by atoms with Crippen molar-refractivity contribution in [2.24, 2.45) is 11.8 Å². The van der Waals surface area contributed by atoms with Crippen molar-refractivity contribution in [3.05, 3.63) is 23.9 Å². The monoisotopic (exact) mass is 501 g/mol. The molecule has 0 radical (unpaired) electrons. The fourth-order valence-electron chi connectivity index (χ4n) is 5.48. The molecule has 3 heterocycles. The van der Waals surface area contributed by atoms with Crippen LogP contribution in [0.4, 0.5) is 5.82 Å². The Morgan fingerprint density at radius 2 is 1.89 bits per heavy atom. The third-order valence-electron chi connectivity index (χ3n) is 7.39. The second kappa shape index (κ2) is 12.3. The van der Waals surface area contributed by atoms with E-state index in [4.69, 9.17) is 4.74 Å². The van der Waals surface area contributed by atoms with Crippen LogP contribution in [0.1, 0.15) is 55.3 Å². The van der Waals surface area contributed by atoms with Crippen LogP contribution in [0, 0.1) is 11.8 Å². The number of carbonyl (C=O) groups is 4. The quantitative estimate of drug-likeness (QED) is 0.223. The van der Waals surface area contributed by atoms with E-state index in [-0.39, 0.29) is 18.0 Å². The lowest BCUT2D eigenvalue weighted by Crippen LogP contribution is -2.50. The number of pyridine rings is 1. The molecule has 0 unspecified atom stereocenters. The highest BCUT2D eigenvalue weighted by molar-refractivity contribution is 6.06. The fraction of sp³-hybridized carbons (Fsp3) is 0.640. The van der Waals surface area contributed by atoms with E-state index in [2.05, 4.69) is 15.2 Å². The highest BCUT2D eigenvalue weighted by Gasteiger charge is 2.39. The van der Waals surface area contributed by atoms with Gasteiger partial charge in [-0.1, -0.05) is 25.7 Å². The van der Waals surface area contributed by atoms with Gasteiger partial charge < -0.3 is 14.5 Å². The predicted octanol–water partition coefficient (Wildman–Crippen LogP) is 1.21. The molecule has 2 atom stereocenters. The topological polar surface area (TPSA) is 132 Å². The van der Waals surface area contributed by atoms with Crippen LogP contribution >= 0.6 is 0 Å². The van der Waals surface area contributed by atoms with Crippen molar-refractivity contribution in [3.63, 3.8) is 0 Å². The Kier molecular flexibility index (Phi) is 8.87. The normalized spacial score (nSPS) is 21.3. The van der Waals surface area contributed by atoms with Gasteiger partial charge in [0.25, 0.3) is 5.91 Å². The number of rotatable bonds is 9. The summed E-state index contributed by atoms with van der Waals surface area (Å²) < 4.78 is 5.34. The zero-order valence-corrected chi connectivity index (χ0v) is 20.5. The van der Waals surface area contributed by atoms with Gasteiger partial charge in [-0.3, -0.25) is 29.7 Å². The van der Waals surface area contributed by atoms with Crippen molar-refractivity contribution in [2.75, 3.05) is 44.3 Å². The molecule has 1 aromatic heterocycles. The molecule has 1 aromatic rings. The van der Waals surface area contributed by atoms with Crippen LogP contribution in [-0.4, -0.2) is 89.7 Å². The summed E-state index contributed by atoms with van der Waals surface area (Å²) in [5, 5.41) is 12.7. The first-order valence-corrected chi connectivity index (χ1v) is 12.8. The minimum Gasteiger partial charge on any atom is -0.378 e. The van der Waals surface area contributed by atoms with Crippen molar-refractivity contribution in [1.29, 1.82) is 0 Å². The molecular formula is C25H35N5O6. The summed E-state index contributed by atoms with van der Waals surface area (Å²) in [5.41, 5.74) is 0.261. The van der Waals surface area contributed by atoms with E-state index in [9.17, 15) is 24.4 Å². The van der Waals surface area contributed by atoms with E-state index in [1.165, 1.54) is 11.1 Å². The van der Waals surface area contributed by atoms with Crippen LogP contribution < -0.4 is 10.2 Å². The Labute approximate surface area is 210 Å². The number of imide groups is 1. The first-order chi connectivity index (χ1) is 17.5. The smallest absolute Gasteiger partial charge is 0.259 e. The van der Waals surface area contributed by atoms with Crippen molar-refractivity contribution < 1.29 is 29.1 Å². The summed E-state index contributed by atoms with van der Waals surface area (Å²) in [5.74, 6) is -0.836. The number of aromatic nitrogens is 1. The molecule has 3 aliphatic rings. The van der Waals surface area contributed by atoms with Gasteiger partial charge in [-0.05, 0) is 37.3 Å². The lowest BCUT2D eigenvalue weighted by atomic mass is 9.91. The van der Waals surface area contributed by atoms with Gasteiger partial charge in [0.15, 0.2) is 0 Å². The van der Waals surface area contributed by atoms with Crippen LogP contribution in [0.5, 0.6) is 0 Å². The second-order valence-electron chi connectivity index (χ2n) is 9.82. The molecule has 0 bridgehead atoms. The number of ether oxygens (including phenoxy) is 1. The first kappa shape index (κ1) is 26.0. The van der Waals surface area contributed by atoms with Gasteiger partial charge in [0.05, 0.1) is 31.2 Å². The maximum absolute atomic E-state index is 13.4. The van der Waals surface area contributed by atoms with Crippen molar-refractivity contribution in [2.45, 2.75) is 51.0 Å². The zero-order valence-electron chi connectivity index (χ0n) is 20.5. The van der Waals surface area contributed by atoms with E-state index in [0.717, 1.165) is 44.6 Å². The lowest BCUT2D eigenvalue weighted by molar-refractivity contribution is -0.158. The Morgan fingerprint density at radius 1 is 1.14 bits per heavy atom. The lowest BCUT2D eigenvalue weighted by Gasteiger charge is -2.30. The van der Waals surface area contributed by atoms with E-state index >= 15 is 0 Å². The third kappa shape index (κ3) is 6.38. The summed E-state index contributed by atoms with van der Waals surface area (Å²) in [6.07, 6.45) is 7.65. The number of likely N-dealkylation sites (tertiary alicyclic amines) is 1. The van der Waals surface area contributed by atoms with Gasteiger partial charge >= 0.3 is 0 Å². The fourth-order valence-corrected chi connectivity index (χ4v) is 5.48. The van der Waals surface area contributed by atoms with Gasteiger partial charge in [-0.2, -0.15) is 0 Å². The summed E-state index contributed by atoms with van der Waals surface area (Å²) in [6, 6.07) is 2.61. The summed E-state index contributed by atoms with van der Waals surface area (Å²) in [7, 11) is 0. The van der Waals surface area contributed by atoms with Crippen LogP contribution in [0.2, 0.25) is 0 Å². The number of hydrogen-bond acceptors (Lipinski definition) is 8. The van der Waals surface area contributed by atoms with Gasteiger partial charge in [0.1, 0.15) is 11.9 Å². The molecule has 1 aliphatic carbocycles. The van der Waals surface area contributed by atoms with Gasteiger partial charge in [-0.25, -0.2) is 10.0 Å². The van der Waals surface area contributed by atoms with E-state index in [0.29, 0.717) is 56.4 Å². The number of hydrogen-bond donors (Lipinski definition) is 2. The molecule has 0 aromatic carbocycles. The molecule has 4 rings (SSSR count). The number of carbonyl (C=O) groups excluding carboxylic acids is 4. The number of nitrogens with zero attached hydrogens (tertiary/aromatic N) is 4. The molecule has 11 heteroatoms. The third-order valence-corrected chi connectivity index (χ3v) is 7.39. The number of morpholine rings is 1. The molecule has 196 valence electrons. The Morgan fingerprint density at radius 3 is 2.56 bits per heavy atom. The average Bonchev–Trinajstić information content (AvgIpc) is 3.61. The highest BCUT2D eigenvalue weighted by Crippen LogP contribution is 2.32. The molecule has 2 aliphatic heterocycles. The van der Waals surface area contributed by atoms with Gasteiger partial charge in [0, 0.05) is 25.8 Å². The number of anilines is 1. The Bertz CT molecular complexity index is 929. The van der Waals surface area contributed by atoms with Crippen LogP contribution in [-0.2, 0) is 19.1 Å². The highest BCUT2D eigenvalue weighted by atomic mass is 16.5. The summed E-state index contributed by atoms with van der Waals surface area (Å²) in [6.45, 7) is 3.00. The van der Waals surface area contributed by atoms with E-state index in [1.54, 1.807) is 12.1 Å². The Hall–Kier alpha value is -3.05. The van der Waals surface area contributed by atoms with Crippen molar-refractivity contribution in [3.8, 4) is 0 Å². The summed E-state index contributed by atoms with van der Waals surface area (Å²) in [4.78, 5) is 58.1. The van der Waals surface area contributed by atoms with E-state index < -0.39 is 23.8 Å². The number of hydroxylamine groups is 2. The summed E-state index contributed by atoms with van der Waals surface area (Å²) >= 11 is 0. The average molecular weight is 502 g/mol. The minimum atomic E-state index is -0.767. The predicted molar refractivity (Wildman–Crippen MR) is 129 cm³/mol. The minimum absolute atomic E-state index is 0.107. The maximum atomic E-state index is 13.4. The van der Waals surface area contributed by atoms with Crippen LogP contribution in [0.25, 0.3) is 0 Å². The van der Waals surface area contributed by atoms with E-state index in [1.807, 2.05) is 0 Å². The van der Waals surface area contributed by atoms with Gasteiger partial charge in [-0.15, -0.1) is 0 Å². The first-order valence-electron chi connectivity index (χ1n) is 12.8. The Balaban J connectivity index is 1.37. The molecule has 2 saturated heterocycles. The molecule has 3 fully saturated rings. The molecular weight excluding hydrogens is 466 g/mol. The second-order valence-corrected chi connectivity index (χ2v) is 9.82. The molecule has 1 saturated carbocycles. The standard InChI is InChI=1S/C25H35N5O6/c31-17-29(35)16-20(14-18-4-1-2-5-18)25(34)30-9-3-6-21(30)24(33)27-23(32)19-7-8-22(26-15-19)28-10-12-36-13-11-28/h7-8,15,17-18,20-21,35H,1-6,9-14,16H2,(H,27,32,33)/t20-,21+/m1/s1. The molecule has 0 spiro atoms. The van der Waals surface area contributed by atoms with Crippen LogP contribution in [0.15, 0.2) is 18.3 Å². The zero-order chi connectivity index (χ0) is 25.5. The largest absolute Gasteiger partial charge is 0.378 e. The maximum Gasteiger partial charge on any atom is 0.259 e. The molecule has 36 heavy (non-hydrogen) atoms. The SMILES string of the molecule is O=CN(O)C[C@@H](CC1CCCC1)C(=O)N1CCC[C@H]1C(=O)NC(=O)c1ccc(N2CCOCC2)nc1. The van der Waals surface area contributed by atoms with Gasteiger partial charge in [0.2, 0.25) is 18.2 Å².